The summed E-state index contributed by atoms with van der Waals surface area (Å²) in [5, 5.41) is 18.3. The predicted molar refractivity (Wildman–Crippen MR) is 144 cm³/mol. The van der Waals surface area contributed by atoms with Gasteiger partial charge in [-0.25, -0.2) is 4.57 Å². The second kappa shape index (κ2) is 11.5. The highest BCUT2D eigenvalue weighted by atomic mass is 32.2. The first-order valence-electron chi connectivity index (χ1n) is 11.4. The molecule has 1 saturated heterocycles. The molecule has 2 aromatic rings. The minimum atomic E-state index is -1.51. The van der Waals surface area contributed by atoms with Crippen LogP contribution in [-0.4, -0.2) is 72.3 Å². The van der Waals surface area contributed by atoms with Gasteiger partial charge in [-0.05, 0) is 31.2 Å². The van der Waals surface area contributed by atoms with Crippen molar-refractivity contribution in [2.45, 2.75) is 37.0 Å². The lowest BCUT2D eigenvalue weighted by Gasteiger charge is -2.50. The van der Waals surface area contributed by atoms with Crippen LogP contribution in [0, 0.1) is 0 Å². The number of carbonyl (C=O) groups is 3. The third-order valence-electron chi connectivity index (χ3n) is 5.66. The van der Waals surface area contributed by atoms with Crippen molar-refractivity contribution in [1.82, 2.24) is 24.6 Å². The van der Waals surface area contributed by atoms with Crippen LogP contribution in [0.15, 0.2) is 21.6 Å². The van der Waals surface area contributed by atoms with Gasteiger partial charge in [0.1, 0.15) is 18.0 Å². The molecule has 2 atom stereocenters. The lowest BCUT2D eigenvalue weighted by Crippen LogP contribution is -2.71. The molecule has 4 rings (SSSR count). The van der Waals surface area contributed by atoms with Gasteiger partial charge in [0.2, 0.25) is 23.2 Å². The highest BCUT2D eigenvalue weighted by molar-refractivity contribution is 8.01. The third-order valence-corrected chi connectivity index (χ3v) is 8.61. The van der Waals surface area contributed by atoms with Gasteiger partial charge in [0.15, 0.2) is 10.8 Å². The highest BCUT2D eigenvalue weighted by Crippen LogP contribution is 2.41. The molecule has 39 heavy (non-hydrogen) atoms. The summed E-state index contributed by atoms with van der Waals surface area (Å²) in [5.41, 5.74) is 23.5. The number of carboxylic acids is 1. The summed E-state index contributed by atoms with van der Waals surface area (Å²) in [5.74, 6) is -2.22. The van der Waals surface area contributed by atoms with Crippen molar-refractivity contribution in [1.29, 1.82) is 0 Å². The smallest absolute Gasteiger partial charge is 0.301 e. The summed E-state index contributed by atoms with van der Waals surface area (Å²) in [6.45, 7) is 4.15. The molecule has 2 aromatic heterocycles. The van der Waals surface area contributed by atoms with Gasteiger partial charge in [-0.3, -0.25) is 14.5 Å². The fraction of sp³-hybridized carbons (Fsp3) is 0.400. The Morgan fingerprint density at radius 3 is 2.64 bits per heavy atom. The molecule has 0 saturated carbocycles. The van der Waals surface area contributed by atoms with Crippen LogP contribution in [0.2, 0.25) is 0 Å². The molecule has 0 spiro atoms. The number of β-lactam (4-membered cyclic amide) rings is 1. The topological polar surface area (TPSA) is 258 Å². The first-order valence-corrected chi connectivity index (χ1v) is 14.2. The number of aromatic nitrogens is 4. The lowest BCUT2D eigenvalue weighted by atomic mass is 10.0. The number of nitrogens with one attached hydrogen (secondary N) is 1. The Hall–Kier alpha value is -3.84. The third kappa shape index (κ3) is 5.36. The van der Waals surface area contributed by atoms with Crippen molar-refractivity contribution in [3.63, 3.8) is 0 Å². The maximum atomic E-state index is 13.1. The Morgan fingerprint density at radius 2 is 2.03 bits per heavy atom. The van der Waals surface area contributed by atoms with Gasteiger partial charge in [0, 0.05) is 23.0 Å². The number of carbonyl (C=O) groups excluding carboxylic acids is 3. The molecule has 208 valence electrons. The molecule has 2 aliphatic heterocycles. The van der Waals surface area contributed by atoms with E-state index in [1.807, 2.05) is 6.92 Å². The van der Waals surface area contributed by atoms with Gasteiger partial charge >= 0.3 is 5.16 Å². The maximum Gasteiger partial charge on any atom is 0.301 e. The Balaban J connectivity index is 1.52. The second-order valence-electron chi connectivity index (χ2n) is 8.03. The van der Waals surface area contributed by atoms with E-state index in [0.717, 1.165) is 16.4 Å². The number of nitrogens with two attached hydrogens (primary N) is 4. The number of oxime groups is 1. The Labute approximate surface area is 234 Å². The van der Waals surface area contributed by atoms with Crippen molar-refractivity contribution in [3.8, 4) is 0 Å². The van der Waals surface area contributed by atoms with E-state index in [2.05, 4.69) is 24.8 Å². The fourth-order valence-electron chi connectivity index (χ4n) is 3.81. The van der Waals surface area contributed by atoms with Gasteiger partial charge < -0.3 is 43.0 Å². The number of fused-ring (bicyclic) bond motifs is 1. The number of hydrogen-bond donors (Lipinski definition) is 5. The zero-order valence-electron chi connectivity index (χ0n) is 20.7. The number of thioether (sulfide) groups is 2. The van der Waals surface area contributed by atoms with Crippen molar-refractivity contribution in [3.05, 3.63) is 17.1 Å². The average Bonchev–Trinajstić information content (AvgIpc) is 3.34. The van der Waals surface area contributed by atoms with Crippen LogP contribution >= 0.6 is 35.1 Å². The first-order chi connectivity index (χ1) is 18.6. The molecular weight excluding hydrogens is 570 g/mol. The molecule has 0 aliphatic carbocycles. The van der Waals surface area contributed by atoms with Crippen LogP contribution in [0.4, 0.5) is 22.5 Å². The van der Waals surface area contributed by atoms with Gasteiger partial charge in [0.25, 0.3) is 11.8 Å². The van der Waals surface area contributed by atoms with Crippen molar-refractivity contribution in [2.24, 2.45) is 5.16 Å². The van der Waals surface area contributed by atoms with Crippen molar-refractivity contribution < 1.29 is 28.9 Å². The zero-order valence-corrected chi connectivity index (χ0v) is 23.2. The molecule has 0 bridgehead atoms. The molecule has 0 radical (unpaired) electrons. The monoisotopic (exact) mass is 595 g/mol. The maximum absolute atomic E-state index is 13.1. The predicted octanol–water partition coefficient (Wildman–Crippen LogP) is -2.49. The average molecular weight is 596 g/mol. The summed E-state index contributed by atoms with van der Waals surface area (Å²) in [7, 11) is 0. The number of nitrogen functional groups attached to an aromatic ring is 4. The molecule has 9 N–H and O–H groups in total. The van der Waals surface area contributed by atoms with Crippen LogP contribution in [0.25, 0.3) is 0 Å². The number of rotatable bonds is 10. The largest absolute Gasteiger partial charge is 0.543 e. The van der Waals surface area contributed by atoms with E-state index in [0.29, 0.717) is 17.3 Å². The zero-order chi connectivity index (χ0) is 28.4. The summed E-state index contributed by atoms with van der Waals surface area (Å²) in [6.07, 6.45) is 0. The Kier molecular flexibility index (Phi) is 8.31. The van der Waals surface area contributed by atoms with Crippen LogP contribution in [0.5, 0.6) is 0 Å². The molecule has 19 heteroatoms. The minimum absolute atomic E-state index is 0.0557. The second-order valence-corrected chi connectivity index (χ2v) is 10.9. The highest BCUT2D eigenvalue weighted by Gasteiger charge is 2.53. The van der Waals surface area contributed by atoms with Crippen LogP contribution in [-0.2, 0) is 25.8 Å². The summed E-state index contributed by atoms with van der Waals surface area (Å²) in [4.78, 5) is 52.4. The molecule has 2 amide bonds. The van der Waals surface area contributed by atoms with E-state index in [9.17, 15) is 19.5 Å². The number of aliphatic carboxylic acids is 1. The van der Waals surface area contributed by atoms with E-state index < -0.39 is 29.2 Å². The molecular formula is C20H25N11O5S3. The molecule has 2 aliphatic rings. The minimum Gasteiger partial charge on any atom is -0.543 e. The quantitative estimate of drug-likeness (QED) is 0.0475. The van der Waals surface area contributed by atoms with Gasteiger partial charge in [-0.15, -0.1) is 11.8 Å². The summed E-state index contributed by atoms with van der Waals surface area (Å²) in [6, 6.07) is -1.02. The van der Waals surface area contributed by atoms with Crippen LogP contribution in [0.1, 0.15) is 19.7 Å². The number of anilines is 4. The molecule has 1 fully saturated rings. The normalized spacial score (nSPS) is 19.0. The van der Waals surface area contributed by atoms with Gasteiger partial charge in [0.05, 0.1) is 18.2 Å². The first kappa shape index (κ1) is 28.2. The number of carboxylic acid groups (broad SMARTS) is 1. The van der Waals surface area contributed by atoms with Crippen LogP contribution in [0.3, 0.4) is 0 Å². The SMILES string of the molecule is CCO/N=C(\C(=O)NC1C(=O)N2C(C(=O)[O-])=C(CSc3nc(N)c(N)c(N)[n+]3CC)CS[C@H]12)c1nsc(N)n1. The number of amides is 2. The van der Waals surface area contributed by atoms with Crippen molar-refractivity contribution >= 4 is 81.0 Å². The summed E-state index contributed by atoms with van der Waals surface area (Å²) >= 11 is 3.36. The molecule has 0 aromatic carbocycles. The van der Waals surface area contributed by atoms with E-state index in [1.54, 1.807) is 11.5 Å². The fourth-order valence-corrected chi connectivity index (χ4v) is 6.81. The van der Waals surface area contributed by atoms with Crippen molar-refractivity contribution in [2.75, 3.05) is 41.0 Å². The lowest BCUT2D eigenvalue weighted by molar-refractivity contribution is -0.719. The number of nitrogens with zero attached hydrogens (tertiary/aromatic N) is 6. The summed E-state index contributed by atoms with van der Waals surface area (Å²) < 4.78 is 5.62. The standard InChI is InChI=1S/C20H25N11O5S3/c1-3-30-13(23)8(21)12(22)26-20(30)38-6-7-5-37-17-10(16(33)31(17)11(7)18(34)35)25-15(32)9(28-36-4-2)14-27-19(24)39-29-14/h10,17H,3-6H2,1-2H3,(H9,21,22,23,24,25,27,28,29,32,34,35)/t10?,17-/m1/s1. The van der Waals surface area contributed by atoms with Gasteiger partial charge in [-0.2, -0.15) is 9.36 Å². The van der Waals surface area contributed by atoms with E-state index in [4.69, 9.17) is 27.8 Å². The Morgan fingerprint density at radius 1 is 1.28 bits per heavy atom. The van der Waals surface area contributed by atoms with Crippen LogP contribution < -0.4 is 37.9 Å². The van der Waals surface area contributed by atoms with E-state index >= 15 is 0 Å². The van der Waals surface area contributed by atoms with E-state index in [-0.39, 0.29) is 57.8 Å². The molecule has 4 heterocycles. The molecule has 1 unspecified atom stereocenters. The van der Waals surface area contributed by atoms with Gasteiger partial charge in [-0.1, -0.05) is 10.1 Å². The Bertz CT molecular complexity index is 1400. The molecule has 16 nitrogen and oxygen atoms in total. The number of hydrogen-bond acceptors (Lipinski definition) is 16. The van der Waals surface area contributed by atoms with E-state index in [1.165, 1.54) is 23.5 Å².